The van der Waals surface area contributed by atoms with Gasteiger partial charge in [-0.05, 0) is 66.2 Å². The van der Waals surface area contributed by atoms with Gasteiger partial charge in [0.25, 0.3) is 0 Å². The highest BCUT2D eigenvalue weighted by Gasteiger charge is 2.29. The summed E-state index contributed by atoms with van der Waals surface area (Å²) < 4.78 is 0. The summed E-state index contributed by atoms with van der Waals surface area (Å²) >= 11 is 0. The molecular formula is C20H32O. The monoisotopic (exact) mass is 288 g/mol. The van der Waals surface area contributed by atoms with E-state index in [2.05, 4.69) is 51.7 Å². The summed E-state index contributed by atoms with van der Waals surface area (Å²) in [6.07, 6.45) is 14.8. The largest absolute Gasteiger partial charge is 0.390 e. The van der Waals surface area contributed by atoms with Crippen LogP contribution in [0.1, 0.15) is 66.2 Å². The molecule has 118 valence electrons. The van der Waals surface area contributed by atoms with Gasteiger partial charge in [-0.3, -0.25) is 0 Å². The number of allylic oxidation sites excluding steroid dienone is 6. The van der Waals surface area contributed by atoms with Gasteiger partial charge in [0, 0.05) is 5.92 Å². The van der Waals surface area contributed by atoms with E-state index < -0.39 is 5.60 Å². The summed E-state index contributed by atoms with van der Waals surface area (Å²) in [6, 6.07) is 0. The average molecular weight is 288 g/mol. The highest BCUT2D eigenvalue weighted by molar-refractivity contribution is 5.19. The third-order valence-electron chi connectivity index (χ3n) is 4.37. The molecule has 0 radical (unpaired) electrons. The normalized spacial score (nSPS) is 27.2. The Morgan fingerprint density at radius 2 is 2.14 bits per heavy atom. The molecule has 0 saturated carbocycles. The fraction of sp³-hybridized carbons (Fsp3) is 0.600. The highest BCUT2D eigenvalue weighted by Crippen LogP contribution is 2.31. The topological polar surface area (TPSA) is 20.2 Å². The molecule has 1 heteroatoms. The van der Waals surface area contributed by atoms with Gasteiger partial charge in [0.1, 0.15) is 0 Å². The molecule has 0 heterocycles. The van der Waals surface area contributed by atoms with Crippen molar-refractivity contribution >= 4 is 0 Å². The highest BCUT2D eigenvalue weighted by atomic mass is 16.3. The second-order valence-electron chi connectivity index (χ2n) is 6.93. The van der Waals surface area contributed by atoms with Crippen molar-refractivity contribution in [2.75, 3.05) is 0 Å². The van der Waals surface area contributed by atoms with Crippen LogP contribution in [-0.4, -0.2) is 10.7 Å². The minimum atomic E-state index is -0.651. The lowest BCUT2D eigenvalue weighted by atomic mass is 9.80. The van der Waals surface area contributed by atoms with E-state index in [1.165, 1.54) is 11.1 Å². The van der Waals surface area contributed by atoms with Gasteiger partial charge in [-0.25, -0.2) is 0 Å². The molecule has 21 heavy (non-hydrogen) atoms. The second kappa shape index (κ2) is 8.38. The van der Waals surface area contributed by atoms with Gasteiger partial charge in [-0.2, -0.15) is 0 Å². The number of aliphatic hydroxyl groups is 1. The molecule has 1 N–H and O–H groups in total. The minimum Gasteiger partial charge on any atom is -0.390 e. The molecule has 1 nitrogen and oxygen atoms in total. The number of rotatable bonds is 4. The standard InChI is InChI=1S/C20H32O/c1-16(2)8-7-15-20(5,21)19-13-11-17(3)9-6-10-18(4)12-14-19/h8,10-11,13,19,21H,3,6-7,9,12,14-15H2,1-2,4-5H3/b13-11+,18-10+. The molecule has 0 aromatic rings. The second-order valence-corrected chi connectivity index (χ2v) is 6.93. The van der Waals surface area contributed by atoms with Crippen molar-refractivity contribution in [3.05, 3.63) is 47.6 Å². The van der Waals surface area contributed by atoms with Crippen molar-refractivity contribution in [1.29, 1.82) is 0 Å². The Balaban J connectivity index is 2.79. The van der Waals surface area contributed by atoms with Crippen LogP contribution in [0.5, 0.6) is 0 Å². The van der Waals surface area contributed by atoms with E-state index >= 15 is 0 Å². The van der Waals surface area contributed by atoms with Crippen molar-refractivity contribution in [2.24, 2.45) is 5.92 Å². The predicted molar refractivity (Wildman–Crippen MR) is 93.3 cm³/mol. The molecule has 0 bridgehead atoms. The van der Waals surface area contributed by atoms with Crippen molar-refractivity contribution < 1.29 is 5.11 Å². The first-order valence-electron chi connectivity index (χ1n) is 8.18. The van der Waals surface area contributed by atoms with Crippen molar-refractivity contribution in [3.63, 3.8) is 0 Å². The maximum Gasteiger partial charge on any atom is 0.0685 e. The number of hydrogen-bond acceptors (Lipinski definition) is 1. The summed E-state index contributed by atoms with van der Waals surface area (Å²) in [6.45, 7) is 12.5. The molecule has 2 atom stereocenters. The molecule has 0 fully saturated rings. The third kappa shape index (κ3) is 6.95. The van der Waals surface area contributed by atoms with Gasteiger partial charge < -0.3 is 5.11 Å². The SMILES string of the molecule is C=C1/C=C/C(C(C)(O)CCC=C(C)C)CC/C(C)=C/CC1. The Morgan fingerprint density at radius 1 is 1.43 bits per heavy atom. The average Bonchev–Trinajstić information content (AvgIpc) is 2.37. The summed E-state index contributed by atoms with van der Waals surface area (Å²) in [5.74, 6) is 0.196. The Bertz CT molecular complexity index is 431. The van der Waals surface area contributed by atoms with Crippen LogP contribution in [-0.2, 0) is 0 Å². The quantitative estimate of drug-likeness (QED) is 0.655. The lowest BCUT2D eigenvalue weighted by Gasteiger charge is -2.31. The van der Waals surface area contributed by atoms with E-state index in [9.17, 15) is 5.11 Å². The van der Waals surface area contributed by atoms with E-state index in [-0.39, 0.29) is 5.92 Å². The van der Waals surface area contributed by atoms with Crippen LogP contribution in [0.4, 0.5) is 0 Å². The van der Waals surface area contributed by atoms with Crippen LogP contribution in [0, 0.1) is 5.92 Å². The van der Waals surface area contributed by atoms with E-state index in [1.807, 2.05) is 6.92 Å². The molecule has 0 spiro atoms. The molecule has 1 aliphatic carbocycles. The zero-order chi connectivity index (χ0) is 15.9. The Hall–Kier alpha value is -1.08. The van der Waals surface area contributed by atoms with E-state index in [1.54, 1.807) is 0 Å². The summed E-state index contributed by atoms with van der Waals surface area (Å²) in [7, 11) is 0. The molecule has 2 unspecified atom stereocenters. The van der Waals surface area contributed by atoms with Gasteiger partial charge in [-0.1, -0.05) is 47.6 Å². The maximum atomic E-state index is 10.9. The van der Waals surface area contributed by atoms with Gasteiger partial charge in [0.2, 0.25) is 0 Å². The Kier molecular flexibility index (Phi) is 7.17. The van der Waals surface area contributed by atoms with Gasteiger partial charge in [0.05, 0.1) is 5.60 Å². The van der Waals surface area contributed by atoms with E-state index in [0.717, 1.165) is 44.1 Å². The van der Waals surface area contributed by atoms with Crippen molar-refractivity contribution in [3.8, 4) is 0 Å². The molecule has 1 rings (SSSR count). The van der Waals surface area contributed by atoms with Crippen LogP contribution < -0.4 is 0 Å². The summed E-state index contributed by atoms with van der Waals surface area (Å²) in [5, 5.41) is 10.9. The predicted octanol–water partition coefficient (Wildman–Crippen LogP) is 5.73. The van der Waals surface area contributed by atoms with Gasteiger partial charge in [-0.15, -0.1) is 0 Å². The third-order valence-corrected chi connectivity index (χ3v) is 4.37. The minimum absolute atomic E-state index is 0.196. The van der Waals surface area contributed by atoms with Crippen LogP contribution >= 0.6 is 0 Å². The molecule has 1 aliphatic rings. The fourth-order valence-corrected chi connectivity index (χ4v) is 2.78. The Morgan fingerprint density at radius 3 is 2.81 bits per heavy atom. The summed E-state index contributed by atoms with van der Waals surface area (Å²) in [5.41, 5.74) is 3.26. The molecule has 0 aromatic heterocycles. The zero-order valence-electron chi connectivity index (χ0n) is 14.3. The first kappa shape index (κ1) is 18.0. The molecular weight excluding hydrogens is 256 g/mol. The molecule has 0 saturated heterocycles. The smallest absolute Gasteiger partial charge is 0.0685 e. The van der Waals surface area contributed by atoms with Crippen molar-refractivity contribution in [2.45, 2.75) is 71.8 Å². The van der Waals surface area contributed by atoms with Crippen LogP contribution in [0.25, 0.3) is 0 Å². The molecule has 0 aliphatic heterocycles. The fourth-order valence-electron chi connectivity index (χ4n) is 2.78. The lowest BCUT2D eigenvalue weighted by Crippen LogP contribution is -2.33. The van der Waals surface area contributed by atoms with Gasteiger partial charge in [0.15, 0.2) is 0 Å². The van der Waals surface area contributed by atoms with E-state index in [4.69, 9.17) is 0 Å². The first-order chi connectivity index (χ1) is 9.81. The van der Waals surface area contributed by atoms with Crippen LogP contribution in [0.2, 0.25) is 0 Å². The van der Waals surface area contributed by atoms with E-state index in [0.29, 0.717) is 0 Å². The molecule has 0 aromatic carbocycles. The maximum absolute atomic E-state index is 10.9. The van der Waals surface area contributed by atoms with Crippen LogP contribution in [0.3, 0.4) is 0 Å². The molecule has 0 amide bonds. The number of hydrogen-bond donors (Lipinski definition) is 1. The lowest BCUT2D eigenvalue weighted by molar-refractivity contribution is 0.00752. The summed E-state index contributed by atoms with van der Waals surface area (Å²) in [4.78, 5) is 0. The first-order valence-corrected chi connectivity index (χ1v) is 8.18. The van der Waals surface area contributed by atoms with Crippen LogP contribution in [0.15, 0.2) is 47.6 Å². The van der Waals surface area contributed by atoms with Crippen molar-refractivity contribution in [1.82, 2.24) is 0 Å². The van der Waals surface area contributed by atoms with Gasteiger partial charge >= 0.3 is 0 Å². The zero-order valence-corrected chi connectivity index (χ0v) is 14.3. The Labute approximate surface area is 131 Å².